The molecule has 0 saturated heterocycles. The lowest BCUT2D eigenvalue weighted by Crippen LogP contribution is -2.11. The number of nitrogens with zero attached hydrogens (tertiary/aromatic N) is 2. The van der Waals surface area contributed by atoms with Crippen molar-refractivity contribution in [2.45, 2.75) is 19.9 Å². The molecule has 3 rings (SSSR count). The van der Waals surface area contributed by atoms with Gasteiger partial charge >= 0.3 is 0 Å². The number of hydrogen-bond acceptors (Lipinski definition) is 4. The van der Waals surface area contributed by atoms with Crippen LogP contribution in [0.2, 0.25) is 0 Å². The van der Waals surface area contributed by atoms with Crippen LogP contribution in [0.4, 0.5) is 0 Å². The van der Waals surface area contributed by atoms with Crippen LogP contribution in [0.15, 0.2) is 34.8 Å². The number of aryl methyl sites for hydroxylation is 1. The minimum Gasteiger partial charge on any atom is -0.312 e. The molecule has 0 saturated carbocycles. The molecule has 0 aliphatic heterocycles. The molecule has 0 radical (unpaired) electrons. The number of thiazole rings is 1. The molecule has 0 spiro atoms. The predicted octanol–water partition coefficient (Wildman–Crippen LogP) is 4.71. The molecule has 1 atom stereocenters. The van der Waals surface area contributed by atoms with Crippen molar-refractivity contribution in [2.75, 3.05) is 7.05 Å². The normalized spacial score (nSPS) is 12.8. The topological polar surface area (TPSA) is 37.8 Å². The highest BCUT2D eigenvalue weighted by atomic mass is 79.9. The summed E-state index contributed by atoms with van der Waals surface area (Å²) in [4.78, 5) is 10.7. The Balaban J connectivity index is 2.14. The van der Waals surface area contributed by atoms with Gasteiger partial charge in [0, 0.05) is 20.8 Å². The fourth-order valence-electron chi connectivity index (χ4n) is 2.28. The van der Waals surface area contributed by atoms with Gasteiger partial charge in [-0.05, 0) is 49.0 Å². The van der Waals surface area contributed by atoms with Crippen molar-refractivity contribution in [3.8, 4) is 10.7 Å². The summed E-state index contributed by atoms with van der Waals surface area (Å²) >= 11 is 5.33. The number of hydrogen-bond donors (Lipinski definition) is 1. The fraction of sp³-hybridized carbons (Fsp3) is 0.250. The summed E-state index contributed by atoms with van der Waals surface area (Å²) in [6, 6.07) is 10.5. The molecule has 0 fully saturated rings. The highest BCUT2D eigenvalue weighted by molar-refractivity contribution is 9.10. The van der Waals surface area contributed by atoms with E-state index in [0.717, 1.165) is 31.8 Å². The first kappa shape index (κ1) is 14.6. The summed E-state index contributed by atoms with van der Waals surface area (Å²) in [6.07, 6.45) is 0. The van der Waals surface area contributed by atoms with Crippen LogP contribution in [0.3, 0.4) is 0 Å². The summed E-state index contributed by atoms with van der Waals surface area (Å²) in [6.45, 7) is 4.20. The number of pyridine rings is 1. The average molecular weight is 362 g/mol. The van der Waals surface area contributed by atoms with E-state index >= 15 is 0 Å². The van der Waals surface area contributed by atoms with E-state index in [2.05, 4.69) is 47.2 Å². The van der Waals surface area contributed by atoms with E-state index in [-0.39, 0.29) is 0 Å². The molecule has 2 aromatic heterocycles. The van der Waals surface area contributed by atoms with Gasteiger partial charge in [-0.25, -0.2) is 9.97 Å². The summed E-state index contributed by atoms with van der Waals surface area (Å²) in [5.74, 6) is 0. The molecule has 1 unspecified atom stereocenters. The van der Waals surface area contributed by atoms with Gasteiger partial charge in [0.15, 0.2) is 0 Å². The van der Waals surface area contributed by atoms with Gasteiger partial charge in [-0.1, -0.05) is 18.2 Å². The van der Waals surface area contributed by atoms with E-state index < -0.39 is 0 Å². The molecule has 1 aromatic carbocycles. The molecule has 0 aliphatic carbocycles. The van der Waals surface area contributed by atoms with Gasteiger partial charge in [0.25, 0.3) is 0 Å². The first-order chi connectivity index (χ1) is 10.1. The van der Waals surface area contributed by atoms with Crippen LogP contribution in [0, 0.1) is 6.92 Å². The Morgan fingerprint density at radius 2 is 2.00 bits per heavy atom. The van der Waals surface area contributed by atoms with Crippen LogP contribution in [-0.2, 0) is 0 Å². The first-order valence-electron chi connectivity index (χ1n) is 6.80. The van der Waals surface area contributed by atoms with Crippen molar-refractivity contribution in [3.05, 3.63) is 45.4 Å². The van der Waals surface area contributed by atoms with Crippen LogP contribution in [-0.4, -0.2) is 17.0 Å². The SMILES string of the molecule is CNC(C)c1sc(-c2nc3ccccc3cc2Br)nc1C. The predicted molar refractivity (Wildman–Crippen MR) is 92.8 cm³/mol. The van der Waals surface area contributed by atoms with E-state index in [9.17, 15) is 0 Å². The van der Waals surface area contributed by atoms with E-state index in [1.54, 1.807) is 11.3 Å². The number of aromatic nitrogens is 2. The lowest BCUT2D eigenvalue weighted by atomic mass is 10.2. The van der Waals surface area contributed by atoms with Crippen LogP contribution >= 0.6 is 27.3 Å². The molecular formula is C16H16BrN3S. The number of rotatable bonds is 3. The highest BCUT2D eigenvalue weighted by Crippen LogP contribution is 2.35. The number of benzene rings is 1. The molecular weight excluding hydrogens is 346 g/mol. The van der Waals surface area contributed by atoms with Crippen LogP contribution in [0.1, 0.15) is 23.5 Å². The Morgan fingerprint density at radius 1 is 1.24 bits per heavy atom. The van der Waals surface area contributed by atoms with Crippen molar-refractivity contribution >= 4 is 38.2 Å². The zero-order valence-electron chi connectivity index (χ0n) is 12.1. The fourth-order valence-corrected chi connectivity index (χ4v) is 4.07. The Hall–Kier alpha value is -1.30. The lowest BCUT2D eigenvalue weighted by molar-refractivity contribution is 0.658. The highest BCUT2D eigenvalue weighted by Gasteiger charge is 2.17. The second-order valence-electron chi connectivity index (χ2n) is 4.99. The molecule has 0 aliphatic rings. The molecule has 1 N–H and O–H groups in total. The van der Waals surface area contributed by atoms with Gasteiger partial charge in [0.05, 0.1) is 11.2 Å². The van der Waals surface area contributed by atoms with E-state index in [1.807, 2.05) is 25.2 Å². The maximum atomic E-state index is 4.77. The number of para-hydroxylation sites is 1. The van der Waals surface area contributed by atoms with Gasteiger partial charge in [-0.3, -0.25) is 0 Å². The maximum Gasteiger partial charge on any atom is 0.143 e. The first-order valence-corrected chi connectivity index (χ1v) is 8.41. The summed E-state index contributed by atoms with van der Waals surface area (Å²) in [5, 5.41) is 5.36. The molecule has 5 heteroatoms. The molecule has 2 heterocycles. The van der Waals surface area contributed by atoms with Gasteiger partial charge in [0.1, 0.15) is 10.7 Å². The third kappa shape index (κ3) is 2.73. The quantitative estimate of drug-likeness (QED) is 0.733. The van der Waals surface area contributed by atoms with Gasteiger partial charge in [-0.15, -0.1) is 11.3 Å². The van der Waals surface area contributed by atoms with E-state index in [4.69, 9.17) is 9.97 Å². The standard InChI is InChI=1S/C16H16BrN3S/c1-9(18-3)15-10(2)19-16(21-15)14-12(17)8-11-6-4-5-7-13(11)20-14/h4-9,18H,1-3H3. The Labute approximate surface area is 136 Å². The van der Waals surface area contributed by atoms with E-state index in [0.29, 0.717) is 6.04 Å². The Kier molecular flexibility index (Phi) is 4.06. The molecule has 0 bridgehead atoms. The maximum absolute atomic E-state index is 4.77. The summed E-state index contributed by atoms with van der Waals surface area (Å²) < 4.78 is 0.985. The van der Waals surface area contributed by atoms with Crippen molar-refractivity contribution in [1.82, 2.24) is 15.3 Å². The molecule has 3 aromatic rings. The summed E-state index contributed by atoms with van der Waals surface area (Å²) in [7, 11) is 1.97. The lowest BCUT2D eigenvalue weighted by Gasteiger charge is -2.07. The van der Waals surface area contributed by atoms with Crippen LogP contribution in [0.25, 0.3) is 21.6 Å². The largest absolute Gasteiger partial charge is 0.312 e. The molecule has 21 heavy (non-hydrogen) atoms. The molecule has 108 valence electrons. The minimum absolute atomic E-state index is 0.301. The Morgan fingerprint density at radius 3 is 2.76 bits per heavy atom. The second-order valence-corrected chi connectivity index (χ2v) is 6.88. The number of nitrogens with one attached hydrogen (secondary N) is 1. The summed E-state index contributed by atoms with van der Waals surface area (Å²) in [5.41, 5.74) is 2.97. The third-order valence-corrected chi connectivity index (χ3v) is 5.49. The van der Waals surface area contributed by atoms with Crippen molar-refractivity contribution in [3.63, 3.8) is 0 Å². The van der Waals surface area contributed by atoms with Crippen LogP contribution < -0.4 is 5.32 Å². The number of halogens is 1. The molecule has 0 amide bonds. The van der Waals surface area contributed by atoms with Crippen LogP contribution in [0.5, 0.6) is 0 Å². The van der Waals surface area contributed by atoms with Crippen molar-refractivity contribution < 1.29 is 0 Å². The number of fused-ring (bicyclic) bond motifs is 1. The van der Waals surface area contributed by atoms with Gasteiger partial charge in [0.2, 0.25) is 0 Å². The zero-order chi connectivity index (χ0) is 15.0. The Bertz CT molecular complexity index is 797. The van der Waals surface area contributed by atoms with Crippen molar-refractivity contribution in [1.29, 1.82) is 0 Å². The minimum atomic E-state index is 0.301. The smallest absolute Gasteiger partial charge is 0.143 e. The van der Waals surface area contributed by atoms with Gasteiger partial charge in [-0.2, -0.15) is 0 Å². The van der Waals surface area contributed by atoms with E-state index in [1.165, 1.54) is 4.88 Å². The zero-order valence-corrected chi connectivity index (χ0v) is 14.5. The molecule has 3 nitrogen and oxygen atoms in total. The van der Waals surface area contributed by atoms with Gasteiger partial charge < -0.3 is 5.32 Å². The monoisotopic (exact) mass is 361 g/mol. The second kappa shape index (κ2) is 5.83. The van der Waals surface area contributed by atoms with Crippen molar-refractivity contribution in [2.24, 2.45) is 0 Å². The third-order valence-electron chi connectivity index (χ3n) is 3.54. The average Bonchev–Trinajstić information content (AvgIpc) is 2.87.